The van der Waals surface area contributed by atoms with Gasteiger partial charge in [0.25, 0.3) is 0 Å². The standard InChI is InChI=1S/C14H22N2O2S/c1-2-11-4-3-8-16(9-7-11)14-15-12(10-19-14)5-6-13(17)18/h10-11H,2-9H2,1H3,(H,17,18). The highest BCUT2D eigenvalue weighted by Gasteiger charge is 2.18. The number of thiazole rings is 1. The van der Waals surface area contributed by atoms with Gasteiger partial charge in [-0.15, -0.1) is 11.3 Å². The molecule has 1 aromatic heterocycles. The Morgan fingerprint density at radius 1 is 1.53 bits per heavy atom. The van der Waals surface area contributed by atoms with Gasteiger partial charge in [-0.25, -0.2) is 4.98 Å². The van der Waals surface area contributed by atoms with Gasteiger partial charge in [-0.3, -0.25) is 4.79 Å². The minimum Gasteiger partial charge on any atom is -0.481 e. The Morgan fingerprint density at radius 2 is 2.37 bits per heavy atom. The van der Waals surface area contributed by atoms with Crippen LogP contribution in [0.1, 0.15) is 44.7 Å². The summed E-state index contributed by atoms with van der Waals surface area (Å²) >= 11 is 1.65. The quantitative estimate of drug-likeness (QED) is 0.901. The number of aliphatic carboxylic acids is 1. The lowest BCUT2D eigenvalue weighted by molar-refractivity contribution is -0.136. The number of carboxylic acids is 1. The SMILES string of the molecule is CCC1CCCN(c2nc(CCC(=O)O)cs2)CC1. The number of nitrogens with zero attached hydrogens (tertiary/aromatic N) is 2. The summed E-state index contributed by atoms with van der Waals surface area (Å²) in [5.74, 6) is 0.103. The maximum Gasteiger partial charge on any atom is 0.303 e. The van der Waals surface area contributed by atoms with Crippen LogP contribution in [0.4, 0.5) is 5.13 Å². The molecule has 0 saturated carbocycles. The van der Waals surface area contributed by atoms with Crippen LogP contribution in [0.2, 0.25) is 0 Å². The summed E-state index contributed by atoms with van der Waals surface area (Å²) in [6.45, 7) is 4.44. The third kappa shape index (κ3) is 4.20. The van der Waals surface area contributed by atoms with Gasteiger partial charge < -0.3 is 10.0 Å². The Balaban J connectivity index is 1.92. The third-order valence-electron chi connectivity index (χ3n) is 3.83. The van der Waals surface area contributed by atoms with E-state index in [9.17, 15) is 4.79 Å². The molecule has 0 spiro atoms. The Bertz CT molecular complexity index is 419. The number of carbonyl (C=O) groups is 1. The van der Waals surface area contributed by atoms with E-state index in [4.69, 9.17) is 5.11 Å². The van der Waals surface area contributed by atoms with Crippen molar-refractivity contribution in [2.24, 2.45) is 5.92 Å². The zero-order chi connectivity index (χ0) is 13.7. The molecular weight excluding hydrogens is 260 g/mol. The molecule has 1 saturated heterocycles. The molecule has 2 rings (SSSR count). The second-order valence-electron chi connectivity index (χ2n) is 5.21. The van der Waals surface area contributed by atoms with Crippen molar-refractivity contribution in [3.63, 3.8) is 0 Å². The van der Waals surface area contributed by atoms with E-state index in [-0.39, 0.29) is 6.42 Å². The van der Waals surface area contributed by atoms with E-state index in [2.05, 4.69) is 16.8 Å². The van der Waals surface area contributed by atoms with Crippen molar-refractivity contribution >= 4 is 22.4 Å². The molecule has 1 atom stereocenters. The van der Waals surface area contributed by atoms with Gasteiger partial charge in [0.05, 0.1) is 12.1 Å². The molecule has 1 aliphatic rings. The lowest BCUT2D eigenvalue weighted by Crippen LogP contribution is -2.24. The zero-order valence-electron chi connectivity index (χ0n) is 11.5. The lowest BCUT2D eigenvalue weighted by atomic mass is 9.98. The number of hydrogen-bond donors (Lipinski definition) is 1. The highest BCUT2D eigenvalue weighted by molar-refractivity contribution is 7.13. The smallest absolute Gasteiger partial charge is 0.303 e. The van der Waals surface area contributed by atoms with Crippen LogP contribution in [0.5, 0.6) is 0 Å². The minimum absolute atomic E-state index is 0.168. The van der Waals surface area contributed by atoms with Crippen LogP contribution in [0.3, 0.4) is 0 Å². The Kier molecular flexibility index (Phi) is 5.19. The molecule has 1 aromatic rings. The van der Waals surface area contributed by atoms with E-state index in [1.54, 1.807) is 11.3 Å². The monoisotopic (exact) mass is 282 g/mol. The predicted molar refractivity (Wildman–Crippen MR) is 77.9 cm³/mol. The fraction of sp³-hybridized carbons (Fsp3) is 0.714. The summed E-state index contributed by atoms with van der Waals surface area (Å²) in [6.07, 6.45) is 5.79. The van der Waals surface area contributed by atoms with Crippen LogP contribution in [-0.4, -0.2) is 29.1 Å². The van der Waals surface area contributed by atoms with Crippen molar-refractivity contribution in [1.82, 2.24) is 4.98 Å². The van der Waals surface area contributed by atoms with Crippen molar-refractivity contribution < 1.29 is 9.90 Å². The first-order valence-electron chi connectivity index (χ1n) is 7.10. The highest BCUT2D eigenvalue weighted by atomic mass is 32.1. The maximum absolute atomic E-state index is 10.6. The molecule has 0 aromatic carbocycles. The van der Waals surface area contributed by atoms with E-state index in [1.807, 2.05) is 5.38 Å². The van der Waals surface area contributed by atoms with E-state index in [0.29, 0.717) is 6.42 Å². The van der Waals surface area contributed by atoms with Crippen molar-refractivity contribution in [2.75, 3.05) is 18.0 Å². The van der Waals surface area contributed by atoms with Crippen LogP contribution >= 0.6 is 11.3 Å². The second-order valence-corrected chi connectivity index (χ2v) is 6.04. The first kappa shape index (κ1) is 14.3. The molecule has 0 amide bonds. The average molecular weight is 282 g/mol. The average Bonchev–Trinajstić information content (AvgIpc) is 2.73. The van der Waals surface area contributed by atoms with E-state index < -0.39 is 5.97 Å². The molecule has 0 aliphatic carbocycles. The summed E-state index contributed by atoms with van der Waals surface area (Å²) in [7, 11) is 0. The molecule has 2 heterocycles. The Labute approximate surface area is 118 Å². The highest BCUT2D eigenvalue weighted by Crippen LogP contribution is 2.27. The van der Waals surface area contributed by atoms with E-state index in [0.717, 1.165) is 29.8 Å². The van der Waals surface area contributed by atoms with Gasteiger partial charge in [0, 0.05) is 24.9 Å². The molecule has 0 radical (unpaired) electrons. The Hall–Kier alpha value is -1.10. The third-order valence-corrected chi connectivity index (χ3v) is 4.78. The van der Waals surface area contributed by atoms with Gasteiger partial charge in [-0.05, 0) is 25.2 Å². The van der Waals surface area contributed by atoms with E-state index >= 15 is 0 Å². The van der Waals surface area contributed by atoms with Crippen LogP contribution in [0.15, 0.2) is 5.38 Å². The van der Waals surface area contributed by atoms with Gasteiger partial charge in [0.15, 0.2) is 5.13 Å². The molecule has 1 aliphatic heterocycles. The number of carboxylic acid groups (broad SMARTS) is 1. The summed E-state index contributed by atoms with van der Waals surface area (Å²) in [4.78, 5) is 17.5. The van der Waals surface area contributed by atoms with E-state index in [1.165, 1.54) is 25.7 Å². The van der Waals surface area contributed by atoms with Crippen LogP contribution in [-0.2, 0) is 11.2 Å². The van der Waals surface area contributed by atoms with Crippen molar-refractivity contribution in [2.45, 2.75) is 45.4 Å². The van der Waals surface area contributed by atoms with Crippen molar-refractivity contribution in [3.8, 4) is 0 Å². The fourth-order valence-corrected chi connectivity index (χ4v) is 3.47. The van der Waals surface area contributed by atoms with Gasteiger partial charge in [0.1, 0.15) is 0 Å². The molecule has 1 fully saturated rings. The van der Waals surface area contributed by atoms with Gasteiger partial charge >= 0.3 is 5.97 Å². The zero-order valence-corrected chi connectivity index (χ0v) is 12.3. The van der Waals surface area contributed by atoms with Gasteiger partial charge in [0.2, 0.25) is 0 Å². The molecule has 106 valence electrons. The van der Waals surface area contributed by atoms with Crippen LogP contribution < -0.4 is 4.90 Å². The summed E-state index contributed by atoms with van der Waals surface area (Å²) in [6, 6.07) is 0. The summed E-state index contributed by atoms with van der Waals surface area (Å²) < 4.78 is 0. The predicted octanol–water partition coefficient (Wildman–Crippen LogP) is 3.18. The van der Waals surface area contributed by atoms with Gasteiger partial charge in [-0.1, -0.05) is 13.3 Å². The normalized spacial score (nSPS) is 20.3. The fourth-order valence-electron chi connectivity index (χ4n) is 2.56. The first-order valence-corrected chi connectivity index (χ1v) is 7.98. The first-order chi connectivity index (χ1) is 9.19. The molecule has 1 unspecified atom stereocenters. The molecular formula is C14H22N2O2S. The summed E-state index contributed by atoms with van der Waals surface area (Å²) in [5, 5.41) is 11.8. The number of aromatic nitrogens is 1. The van der Waals surface area contributed by atoms with Crippen LogP contribution in [0, 0.1) is 5.92 Å². The molecule has 19 heavy (non-hydrogen) atoms. The van der Waals surface area contributed by atoms with Crippen molar-refractivity contribution in [1.29, 1.82) is 0 Å². The summed E-state index contributed by atoms with van der Waals surface area (Å²) in [5.41, 5.74) is 0.915. The molecule has 4 nitrogen and oxygen atoms in total. The van der Waals surface area contributed by atoms with Crippen molar-refractivity contribution in [3.05, 3.63) is 11.1 Å². The molecule has 1 N–H and O–H groups in total. The lowest BCUT2D eigenvalue weighted by Gasteiger charge is -2.19. The number of aryl methyl sites for hydroxylation is 1. The molecule has 5 heteroatoms. The number of anilines is 1. The number of rotatable bonds is 5. The topological polar surface area (TPSA) is 53.4 Å². The largest absolute Gasteiger partial charge is 0.481 e. The number of hydrogen-bond acceptors (Lipinski definition) is 4. The Morgan fingerprint density at radius 3 is 3.11 bits per heavy atom. The maximum atomic E-state index is 10.6. The minimum atomic E-state index is -0.755. The molecule has 0 bridgehead atoms. The van der Waals surface area contributed by atoms with Gasteiger partial charge in [-0.2, -0.15) is 0 Å². The van der Waals surface area contributed by atoms with Crippen LogP contribution in [0.25, 0.3) is 0 Å². The second kappa shape index (κ2) is 6.89.